The van der Waals surface area contributed by atoms with Crippen molar-refractivity contribution in [2.75, 3.05) is 12.4 Å². The molecule has 2 N–H and O–H groups in total. The fraction of sp³-hybridized carbons (Fsp3) is 0.250. The van der Waals surface area contributed by atoms with E-state index in [0.717, 1.165) is 5.56 Å². The highest BCUT2D eigenvalue weighted by atomic mass is 16.5. The third kappa shape index (κ3) is 6.14. The number of benzene rings is 2. The van der Waals surface area contributed by atoms with Gasteiger partial charge in [-0.25, -0.2) is 5.43 Å². The molecule has 142 valence electrons. The Labute approximate surface area is 158 Å². The van der Waals surface area contributed by atoms with Crippen LogP contribution in [0.3, 0.4) is 0 Å². The maximum Gasteiger partial charge on any atom is 0.271 e. The van der Waals surface area contributed by atoms with Gasteiger partial charge < -0.3 is 14.8 Å². The lowest BCUT2D eigenvalue weighted by molar-refractivity contribution is -0.114. The van der Waals surface area contributed by atoms with Crippen LogP contribution in [0.1, 0.15) is 36.7 Å². The van der Waals surface area contributed by atoms with Crippen LogP contribution in [-0.4, -0.2) is 31.2 Å². The van der Waals surface area contributed by atoms with Gasteiger partial charge >= 0.3 is 0 Å². The van der Waals surface area contributed by atoms with E-state index in [-0.39, 0.29) is 17.9 Å². The Bertz CT molecular complexity index is 830. The molecule has 27 heavy (non-hydrogen) atoms. The molecule has 0 aliphatic rings. The van der Waals surface area contributed by atoms with Crippen LogP contribution >= 0.6 is 0 Å². The molecule has 0 heterocycles. The van der Waals surface area contributed by atoms with Crippen molar-refractivity contribution in [3.8, 4) is 11.5 Å². The monoisotopic (exact) mass is 369 g/mol. The van der Waals surface area contributed by atoms with Crippen molar-refractivity contribution in [3.63, 3.8) is 0 Å². The average molecular weight is 369 g/mol. The van der Waals surface area contributed by atoms with Crippen LogP contribution in [0.25, 0.3) is 0 Å². The molecule has 2 amide bonds. The van der Waals surface area contributed by atoms with E-state index in [4.69, 9.17) is 9.47 Å². The minimum Gasteiger partial charge on any atom is -0.493 e. The third-order valence-corrected chi connectivity index (χ3v) is 3.40. The summed E-state index contributed by atoms with van der Waals surface area (Å²) in [6.07, 6.45) is 1.52. The van der Waals surface area contributed by atoms with Gasteiger partial charge in [0.05, 0.1) is 19.4 Å². The smallest absolute Gasteiger partial charge is 0.271 e. The number of carbonyl (C=O) groups is 2. The zero-order chi connectivity index (χ0) is 19.8. The van der Waals surface area contributed by atoms with E-state index in [1.54, 1.807) is 42.5 Å². The Kier molecular flexibility index (Phi) is 6.93. The van der Waals surface area contributed by atoms with Gasteiger partial charge in [0.25, 0.3) is 5.91 Å². The Hall–Kier alpha value is -3.35. The van der Waals surface area contributed by atoms with Gasteiger partial charge in [-0.15, -0.1) is 0 Å². The summed E-state index contributed by atoms with van der Waals surface area (Å²) in [5, 5.41) is 6.63. The van der Waals surface area contributed by atoms with Crippen molar-refractivity contribution in [1.29, 1.82) is 0 Å². The molecule has 0 aliphatic carbocycles. The summed E-state index contributed by atoms with van der Waals surface area (Å²) in [4.78, 5) is 23.2. The van der Waals surface area contributed by atoms with Gasteiger partial charge in [0.15, 0.2) is 11.5 Å². The van der Waals surface area contributed by atoms with Crippen LogP contribution in [0.5, 0.6) is 11.5 Å². The number of nitrogens with zero attached hydrogens (tertiary/aromatic N) is 1. The van der Waals surface area contributed by atoms with Crippen molar-refractivity contribution >= 4 is 23.7 Å². The van der Waals surface area contributed by atoms with E-state index in [1.807, 2.05) is 13.8 Å². The fourth-order valence-corrected chi connectivity index (χ4v) is 2.25. The van der Waals surface area contributed by atoms with Crippen LogP contribution in [0, 0.1) is 0 Å². The lowest BCUT2D eigenvalue weighted by Crippen LogP contribution is -2.18. The number of ether oxygens (including phenoxy) is 2. The van der Waals surface area contributed by atoms with Gasteiger partial charge in [0, 0.05) is 18.2 Å². The zero-order valence-electron chi connectivity index (χ0n) is 15.8. The number of methoxy groups -OCH3 is 1. The molecule has 0 saturated carbocycles. The molecule has 0 spiro atoms. The van der Waals surface area contributed by atoms with E-state index >= 15 is 0 Å². The summed E-state index contributed by atoms with van der Waals surface area (Å²) in [7, 11) is 1.52. The lowest BCUT2D eigenvalue weighted by Gasteiger charge is -2.14. The molecule has 7 heteroatoms. The second kappa shape index (κ2) is 9.38. The van der Waals surface area contributed by atoms with Crippen molar-refractivity contribution in [2.45, 2.75) is 26.9 Å². The Morgan fingerprint density at radius 1 is 1.07 bits per heavy atom. The van der Waals surface area contributed by atoms with Gasteiger partial charge in [0.1, 0.15) is 0 Å². The Morgan fingerprint density at radius 3 is 2.37 bits per heavy atom. The van der Waals surface area contributed by atoms with Crippen LogP contribution in [0.4, 0.5) is 5.69 Å². The summed E-state index contributed by atoms with van der Waals surface area (Å²) in [6, 6.07) is 12.0. The van der Waals surface area contributed by atoms with Crippen LogP contribution in [0.2, 0.25) is 0 Å². The van der Waals surface area contributed by atoms with Crippen LogP contribution in [0.15, 0.2) is 47.6 Å². The summed E-state index contributed by atoms with van der Waals surface area (Å²) >= 11 is 0. The standard InChI is InChI=1S/C20H23N3O4/c1-13(2)27-18-10-7-16(11-19(18)26-4)20(25)23-21-12-15-5-8-17(9-6-15)22-14(3)24/h5-13H,1-4H3,(H,22,24)(H,23,25)/b21-12+. The molecular weight excluding hydrogens is 346 g/mol. The molecule has 0 aromatic heterocycles. The molecule has 0 aliphatic heterocycles. The largest absolute Gasteiger partial charge is 0.493 e. The number of hydrazone groups is 1. The van der Waals surface area contributed by atoms with E-state index in [2.05, 4.69) is 15.8 Å². The number of nitrogens with one attached hydrogen (secondary N) is 2. The molecule has 2 rings (SSSR count). The van der Waals surface area contributed by atoms with Crippen molar-refractivity contribution in [2.24, 2.45) is 5.10 Å². The van der Waals surface area contributed by atoms with Crippen LogP contribution < -0.4 is 20.2 Å². The van der Waals surface area contributed by atoms with Gasteiger partial charge in [-0.2, -0.15) is 5.10 Å². The molecule has 0 atom stereocenters. The minimum absolute atomic E-state index is 0.000196. The van der Waals surface area contributed by atoms with Gasteiger partial charge in [-0.1, -0.05) is 12.1 Å². The quantitative estimate of drug-likeness (QED) is 0.579. The number of amides is 2. The Balaban J connectivity index is 2.00. The molecular formula is C20H23N3O4. The predicted octanol–water partition coefficient (Wildman–Crippen LogP) is 3.20. The Morgan fingerprint density at radius 2 is 1.78 bits per heavy atom. The molecule has 0 unspecified atom stereocenters. The number of carbonyl (C=O) groups excluding carboxylic acids is 2. The first kappa shape index (κ1) is 20.0. The van der Waals surface area contributed by atoms with E-state index in [0.29, 0.717) is 22.7 Å². The second-order valence-corrected chi connectivity index (χ2v) is 6.03. The molecule has 2 aromatic carbocycles. The molecule has 0 radical (unpaired) electrons. The average Bonchev–Trinajstić information content (AvgIpc) is 2.62. The minimum atomic E-state index is -0.365. The SMILES string of the molecule is COc1cc(C(=O)N/N=C/c2ccc(NC(C)=O)cc2)ccc1OC(C)C. The first-order valence-corrected chi connectivity index (χ1v) is 8.45. The fourth-order valence-electron chi connectivity index (χ4n) is 2.25. The van der Waals surface area contributed by atoms with Gasteiger partial charge in [-0.05, 0) is 49.7 Å². The molecule has 0 fully saturated rings. The highest BCUT2D eigenvalue weighted by molar-refractivity contribution is 5.95. The van der Waals surface area contributed by atoms with E-state index < -0.39 is 0 Å². The number of anilines is 1. The van der Waals surface area contributed by atoms with Crippen molar-refractivity contribution in [1.82, 2.24) is 5.43 Å². The summed E-state index contributed by atoms with van der Waals surface area (Å²) in [5.41, 5.74) is 4.35. The first-order chi connectivity index (χ1) is 12.9. The number of hydrogen-bond donors (Lipinski definition) is 2. The summed E-state index contributed by atoms with van der Waals surface area (Å²) < 4.78 is 10.9. The zero-order valence-corrected chi connectivity index (χ0v) is 15.8. The van der Waals surface area contributed by atoms with Crippen molar-refractivity contribution < 1.29 is 19.1 Å². The molecule has 0 saturated heterocycles. The van der Waals surface area contributed by atoms with Crippen LogP contribution in [-0.2, 0) is 4.79 Å². The first-order valence-electron chi connectivity index (χ1n) is 8.45. The maximum absolute atomic E-state index is 12.2. The summed E-state index contributed by atoms with van der Waals surface area (Å²) in [6.45, 7) is 5.27. The highest BCUT2D eigenvalue weighted by Crippen LogP contribution is 2.28. The number of hydrogen-bond acceptors (Lipinski definition) is 5. The predicted molar refractivity (Wildman–Crippen MR) is 105 cm³/mol. The van der Waals surface area contributed by atoms with E-state index in [1.165, 1.54) is 20.2 Å². The second-order valence-electron chi connectivity index (χ2n) is 6.03. The molecule has 2 aromatic rings. The van der Waals surface area contributed by atoms with Gasteiger partial charge in [-0.3, -0.25) is 9.59 Å². The summed E-state index contributed by atoms with van der Waals surface area (Å²) in [5.74, 6) is 0.556. The normalized spacial score (nSPS) is 10.7. The van der Waals surface area contributed by atoms with Gasteiger partial charge in [0.2, 0.25) is 5.91 Å². The topological polar surface area (TPSA) is 89.0 Å². The molecule has 7 nitrogen and oxygen atoms in total. The van der Waals surface area contributed by atoms with Crippen molar-refractivity contribution in [3.05, 3.63) is 53.6 Å². The molecule has 0 bridgehead atoms. The lowest BCUT2D eigenvalue weighted by atomic mass is 10.2. The maximum atomic E-state index is 12.2. The third-order valence-electron chi connectivity index (χ3n) is 3.40. The van der Waals surface area contributed by atoms with E-state index in [9.17, 15) is 9.59 Å². The highest BCUT2D eigenvalue weighted by Gasteiger charge is 2.11. The number of rotatable bonds is 7.